The maximum atomic E-state index is 9.74. The second-order valence-electron chi connectivity index (χ2n) is 4.05. The number of aliphatic hydroxyl groups is 1. The average Bonchev–Trinajstić information content (AvgIpc) is 2.37. The van der Waals surface area contributed by atoms with Crippen LogP contribution in [0.5, 0.6) is 0 Å². The van der Waals surface area contributed by atoms with Gasteiger partial charge in [-0.05, 0) is 5.41 Å². The van der Waals surface area contributed by atoms with Crippen molar-refractivity contribution in [2.24, 2.45) is 5.41 Å². The molecule has 12 heavy (non-hydrogen) atoms. The van der Waals surface area contributed by atoms with Gasteiger partial charge in [-0.1, -0.05) is 20.8 Å². The number of nitrogens with zero attached hydrogens (tertiary/aromatic N) is 1. The zero-order valence-corrected chi connectivity index (χ0v) is 8.56. The van der Waals surface area contributed by atoms with Crippen molar-refractivity contribution < 1.29 is 5.11 Å². The largest absolute Gasteiger partial charge is 0.392 e. The van der Waals surface area contributed by atoms with Gasteiger partial charge in [-0.15, -0.1) is 11.3 Å². The summed E-state index contributed by atoms with van der Waals surface area (Å²) in [5.74, 6) is 0. The van der Waals surface area contributed by atoms with Crippen LogP contribution in [-0.4, -0.2) is 16.2 Å². The van der Waals surface area contributed by atoms with Gasteiger partial charge in [-0.3, -0.25) is 4.98 Å². The first-order chi connectivity index (χ1) is 5.50. The first-order valence-electron chi connectivity index (χ1n) is 4.05. The minimum absolute atomic E-state index is 0.0377. The molecule has 2 nitrogen and oxygen atoms in total. The highest BCUT2D eigenvalue weighted by Gasteiger charge is 2.22. The fourth-order valence-corrected chi connectivity index (χ4v) is 1.47. The highest BCUT2D eigenvalue weighted by Crippen LogP contribution is 2.23. The average molecular weight is 185 g/mol. The molecule has 1 atom stereocenters. The normalized spacial score (nSPS) is 14.7. The van der Waals surface area contributed by atoms with Crippen molar-refractivity contribution in [1.29, 1.82) is 0 Å². The molecule has 0 bridgehead atoms. The molecule has 0 amide bonds. The van der Waals surface area contributed by atoms with Crippen molar-refractivity contribution in [3.8, 4) is 0 Å². The lowest BCUT2D eigenvalue weighted by Crippen LogP contribution is -2.27. The highest BCUT2D eigenvalue weighted by molar-refractivity contribution is 7.09. The molecule has 1 N–H and O–H groups in total. The summed E-state index contributed by atoms with van der Waals surface area (Å²) >= 11 is 1.60. The van der Waals surface area contributed by atoms with Gasteiger partial charge < -0.3 is 5.11 Å². The molecular formula is C9H15NOS. The van der Waals surface area contributed by atoms with Crippen LogP contribution in [0.2, 0.25) is 0 Å². The van der Waals surface area contributed by atoms with Crippen molar-refractivity contribution in [2.75, 3.05) is 0 Å². The first-order valence-corrected chi connectivity index (χ1v) is 4.93. The lowest BCUT2D eigenvalue weighted by Gasteiger charge is -2.25. The molecule has 0 fully saturated rings. The minimum atomic E-state index is -0.280. The fraction of sp³-hybridized carbons (Fsp3) is 0.667. The van der Waals surface area contributed by atoms with Crippen molar-refractivity contribution >= 4 is 11.3 Å². The van der Waals surface area contributed by atoms with Crippen LogP contribution in [0.4, 0.5) is 0 Å². The van der Waals surface area contributed by atoms with Crippen molar-refractivity contribution in [2.45, 2.75) is 33.3 Å². The third kappa shape index (κ3) is 2.57. The van der Waals surface area contributed by atoms with Gasteiger partial charge in [0.05, 0.1) is 11.6 Å². The van der Waals surface area contributed by atoms with Crippen LogP contribution in [-0.2, 0) is 6.42 Å². The number of rotatable bonds is 2. The van der Waals surface area contributed by atoms with Crippen LogP contribution < -0.4 is 0 Å². The third-order valence-electron chi connectivity index (χ3n) is 1.88. The SMILES string of the molecule is CC(C)(C)C(O)Cc1cncs1. The first kappa shape index (κ1) is 9.68. The van der Waals surface area contributed by atoms with Gasteiger partial charge in [0, 0.05) is 17.5 Å². The summed E-state index contributed by atoms with van der Waals surface area (Å²) in [6.07, 6.45) is 2.26. The summed E-state index contributed by atoms with van der Waals surface area (Å²) in [6, 6.07) is 0. The fourth-order valence-electron chi connectivity index (χ4n) is 0.840. The number of aliphatic hydroxyl groups excluding tert-OH is 1. The van der Waals surface area contributed by atoms with E-state index in [1.807, 2.05) is 27.0 Å². The van der Waals surface area contributed by atoms with Gasteiger partial charge in [-0.2, -0.15) is 0 Å². The van der Waals surface area contributed by atoms with E-state index in [1.54, 1.807) is 16.8 Å². The summed E-state index contributed by atoms with van der Waals surface area (Å²) in [6.45, 7) is 6.12. The van der Waals surface area contributed by atoms with E-state index < -0.39 is 0 Å². The van der Waals surface area contributed by atoms with Gasteiger partial charge in [0.1, 0.15) is 0 Å². The Labute approximate surface area is 77.3 Å². The van der Waals surface area contributed by atoms with E-state index in [-0.39, 0.29) is 11.5 Å². The Kier molecular flexibility index (Phi) is 2.85. The number of hydrogen-bond acceptors (Lipinski definition) is 3. The standard InChI is InChI=1S/C9H15NOS/c1-9(2,3)8(11)4-7-5-10-6-12-7/h5-6,8,11H,4H2,1-3H3. The second kappa shape index (κ2) is 3.54. The summed E-state index contributed by atoms with van der Waals surface area (Å²) in [5, 5.41) is 9.74. The third-order valence-corrected chi connectivity index (χ3v) is 2.68. The molecule has 0 spiro atoms. The van der Waals surface area contributed by atoms with E-state index in [9.17, 15) is 5.11 Å². The van der Waals surface area contributed by atoms with Crippen LogP contribution in [0.3, 0.4) is 0 Å². The topological polar surface area (TPSA) is 33.1 Å². The molecule has 68 valence electrons. The molecule has 1 aromatic rings. The molecule has 0 saturated heterocycles. The number of aromatic nitrogens is 1. The smallest absolute Gasteiger partial charge is 0.0794 e. The maximum absolute atomic E-state index is 9.74. The summed E-state index contributed by atoms with van der Waals surface area (Å²) in [5.41, 5.74) is 1.76. The molecule has 0 aliphatic rings. The molecular weight excluding hydrogens is 170 g/mol. The predicted octanol–water partition coefficient (Wildman–Crippen LogP) is 2.09. The number of thiazole rings is 1. The molecule has 3 heteroatoms. The maximum Gasteiger partial charge on any atom is 0.0794 e. The lowest BCUT2D eigenvalue weighted by atomic mass is 9.87. The second-order valence-corrected chi connectivity index (χ2v) is 5.02. The zero-order valence-electron chi connectivity index (χ0n) is 7.74. The van der Waals surface area contributed by atoms with Crippen LogP contribution in [0, 0.1) is 5.41 Å². The molecule has 1 rings (SSSR count). The van der Waals surface area contributed by atoms with Crippen LogP contribution in [0.15, 0.2) is 11.7 Å². The Bertz CT molecular complexity index is 225. The monoisotopic (exact) mass is 185 g/mol. The molecule has 0 aliphatic carbocycles. The Morgan fingerprint density at radius 3 is 2.67 bits per heavy atom. The van der Waals surface area contributed by atoms with Crippen LogP contribution >= 0.6 is 11.3 Å². The zero-order chi connectivity index (χ0) is 9.19. The van der Waals surface area contributed by atoms with E-state index in [2.05, 4.69) is 4.98 Å². The van der Waals surface area contributed by atoms with E-state index in [0.717, 1.165) is 4.88 Å². The van der Waals surface area contributed by atoms with Gasteiger partial charge >= 0.3 is 0 Å². The summed E-state index contributed by atoms with van der Waals surface area (Å²) in [4.78, 5) is 5.12. The van der Waals surface area contributed by atoms with Crippen LogP contribution in [0.1, 0.15) is 25.6 Å². The molecule has 0 aliphatic heterocycles. The predicted molar refractivity (Wildman–Crippen MR) is 51.3 cm³/mol. The molecule has 1 heterocycles. The van der Waals surface area contributed by atoms with Crippen molar-refractivity contribution in [3.05, 3.63) is 16.6 Å². The molecule has 0 saturated carbocycles. The molecule has 0 aromatic carbocycles. The van der Waals surface area contributed by atoms with E-state index in [4.69, 9.17) is 0 Å². The van der Waals surface area contributed by atoms with Crippen molar-refractivity contribution in [1.82, 2.24) is 4.98 Å². The Hall–Kier alpha value is -0.410. The van der Waals surface area contributed by atoms with Gasteiger partial charge in [0.15, 0.2) is 0 Å². The van der Waals surface area contributed by atoms with Gasteiger partial charge in [0.2, 0.25) is 0 Å². The summed E-state index contributed by atoms with van der Waals surface area (Å²) in [7, 11) is 0. The van der Waals surface area contributed by atoms with Gasteiger partial charge in [-0.25, -0.2) is 0 Å². The number of hydrogen-bond donors (Lipinski definition) is 1. The van der Waals surface area contributed by atoms with E-state index >= 15 is 0 Å². The molecule has 1 aromatic heterocycles. The van der Waals surface area contributed by atoms with Crippen molar-refractivity contribution in [3.63, 3.8) is 0 Å². The minimum Gasteiger partial charge on any atom is -0.392 e. The highest BCUT2D eigenvalue weighted by atomic mass is 32.1. The van der Waals surface area contributed by atoms with Gasteiger partial charge in [0.25, 0.3) is 0 Å². The van der Waals surface area contributed by atoms with E-state index in [0.29, 0.717) is 6.42 Å². The molecule has 0 radical (unpaired) electrons. The van der Waals surface area contributed by atoms with E-state index in [1.165, 1.54) is 0 Å². The Morgan fingerprint density at radius 2 is 2.25 bits per heavy atom. The lowest BCUT2D eigenvalue weighted by molar-refractivity contribution is 0.0642. The Balaban J connectivity index is 2.53. The Morgan fingerprint density at radius 1 is 1.58 bits per heavy atom. The molecule has 1 unspecified atom stereocenters. The van der Waals surface area contributed by atoms with Crippen LogP contribution in [0.25, 0.3) is 0 Å². The summed E-state index contributed by atoms with van der Waals surface area (Å²) < 4.78 is 0. The quantitative estimate of drug-likeness (QED) is 0.765.